The summed E-state index contributed by atoms with van der Waals surface area (Å²) in [5.74, 6) is 0.0675. The van der Waals surface area contributed by atoms with Gasteiger partial charge in [-0.05, 0) is 6.92 Å². The molecule has 30 heavy (non-hydrogen) atoms. The lowest BCUT2D eigenvalue weighted by atomic mass is 10.1. The predicted molar refractivity (Wildman–Crippen MR) is 105 cm³/mol. The monoisotopic (exact) mass is 411 g/mol. The summed E-state index contributed by atoms with van der Waals surface area (Å²) in [5.41, 5.74) is 0.707. The van der Waals surface area contributed by atoms with Crippen LogP contribution in [-0.4, -0.2) is 85.4 Å². The number of carbonyl (C=O) groups excluding carboxylic acids is 3. The number of H-pyrrole nitrogens is 1. The van der Waals surface area contributed by atoms with E-state index in [0.29, 0.717) is 54.5 Å². The molecule has 3 aromatic heterocycles. The quantitative estimate of drug-likeness (QED) is 0.484. The van der Waals surface area contributed by atoms with E-state index in [0.717, 1.165) is 0 Å². The Balaban J connectivity index is 1.68. The van der Waals surface area contributed by atoms with Gasteiger partial charge in [-0.15, -0.1) is 0 Å². The molecule has 11 heteroatoms. The van der Waals surface area contributed by atoms with Crippen LogP contribution in [0.2, 0.25) is 0 Å². The highest BCUT2D eigenvalue weighted by molar-refractivity contribution is 6.45. The molecule has 1 saturated heterocycles. The molecule has 2 amide bonds. The number of fused-ring (bicyclic) bond motifs is 1. The van der Waals surface area contributed by atoms with Crippen molar-refractivity contribution in [2.75, 3.05) is 33.3 Å². The van der Waals surface area contributed by atoms with Crippen molar-refractivity contribution in [2.45, 2.75) is 13.8 Å². The summed E-state index contributed by atoms with van der Waals surface area (Å²) in [7, 11) is 1.47. The van der Waals surface area contributed by atoms with E-state index in [-0.39, 0.29) is 11.5 Å². The molecule has 0 atom stereocenters. The number of ether oxygens (including phenoxy) is 1. The van der Waals surface area contributed by atoms with E-state index >= 15 is 0 Å². The fraction of sp³-hybridized carbons (Fsp3) is 0.368. The normalized spacial score (nSPS) is 14.2. The topological polar surface area (TPSA) is 126 Å². The maximum atomic E-state index is 13.1. The number of rotatable bonds is 4. The molecule has 0 saturated carbocycles. The summed E-state index contributed by atoms with van der Waals surface area (Å²) in [4.78, 5) is 52.0. The molecule has 0 radical (unpaired) electrons. The number of hydrogen-bond donors (Lipinski definition) is 1. The number of nitrogens with zero attached hydrogens (tertiary/aromatic N) is 6. The predicted octanol–water partition coefficient (Wildman–Crippen LogP) is 0.334. The summed E-state index contributed by atoms with van der Waals surface area (Å²) < 4.78 is 6.88. The first-order valence-electron chi connectivity index (χ1n) is 9.42. The number of ketones is 1. The van der Waals surface area contributed by atoms with Gasteiger partial charge in [-0.2, -0.15) is 5.10 Å². The number of aryl methyl sites for hydroxylation is 1. The van der Waals surface area contributed by atoms with E-state index in [1.54, 1.807) is 11.8 Å². The molecule has 0 unspecified atom stereocenters. The molecule has 4 heterocycles. The molecule has 4 rings (SSSR count). The van der Waals surface area contributed by atoms with Crippen LogP contribution in [0, 0.1) is 6.92 Å². The number of pyridine rings is 1. The van der Waals surface area contributed by atoms with Gasteiger partial charge in [0.15, 0.2) is 5.82 Å². The molecule has 1 fully saturated rings. The molecular weight excluding hydrogens is 390 g/mol. The van der Waals surface area contributed by atoms with E-state index in [4.69, 9.17) is 4.74 Å². The number of Topliss-reactive ketones (excluding diaryl/α,β-unsaturated/α-hetero) is 1. The van der Waals surface area contributed by atoms with Crippen LogP contribution in [0.3, 0.4) is 0 Å². The minimum Gasteiger partial charge on any atom is -0.494 e. The average Bonchev–Trinajstić information content (AvgIpc) is 3.39. The maximum Gasteiger partial charge on any atom is 0.295 e. The second-order valence-electron chi connectivity index (χ2n) is 6.97. The second-order valence-corrected chi connectivity index (χ2v) is 6.97. The van der Waals surface area contributed by atoms with Crippen LogP contribution in [0.15, 0.2) is 18.7 Å². The van der Waals surface area contributed by atoms with E-state index in [9.17, 15) is 14.4 Å². The molecule has 11 nitrogen and oxygen atoms in total. The molecule has 156 valence electrons. The molecule has 1 aliphatic rings. The van der Waals surface area contributed by atoms with Gasteiger partial charge in [0.25, 0.3) is 11.7 Å². The lowest BCUT2D eigenvalue weighted by Gasteiger charge is -2.33. The molecule has 0 bridgehead atoms. The van der Waals surface area contributed by atoms with E-state index in [1.165, 1.54) is 42.3 Å². The molecule has 3 aromatic rings. The summed E-state index contributed by atoms with van der Waals surface area (Å²) in [6.45, 7) is 4.69. The zero-order chi connectivity index (χ0) is 21.4. The number of carbonyl (C=O) groups is 3. The van der Waals surface area contributed by atoms with Gasteiger partial charge in [0.2, 0.25) is 5.91 Å². The first-order valence-corrected chi connectivity index (χ1v) is 9.42. The fourth-order valence-corrected chi connectivity index (χ4v) is 3.54. The molecule has 1 aliphatic heterocycles. The molecular formula is C19H21N7O4. The van der Waals surface area contributed by atoms with E-state index in [2.05, 4.69) is 20.1 Å². The Hall–Kier alpha value is -3.76. The lowest BCUT2D eigenvalue weighted by Crippen LogP contribution is -2.51. The number of methoxy groups -OCH3 is 1. The van der Waals surface area contributed by atoms with Gasteiger partial charge >= 0.3 is 0 Å². The highest BCUT2D eigenvalue weighted by atomic mass is 16.5. The Morgan fingerprint density at radius 2 is 1.80 bits per heavy atom. The van der Waals surface area contributed by atoms with Crippen molar-refractivity contribution in [1.29, 1.82) is 0 Å². The number of amides is 2. The van der Waals surface area contributed by atoms with Gasteiger partial charge in [0, 0.05) is 39.3 Å². The largest absolute Gasteiger partial charge is 0.494 e. The van der Waals surface area contributed by atoms with Gasteiger partial charge in [-0.3, -0.25) is 14.4 Å². The smallest absolute Gasteiger partial charge is 0.295 e. The number of aromatic nitrogens is 5. The number of aromatic amines is 1. The van der Waals surface area contributed by atoms with Crippen molar-refractivity contribution in [3.63, 3.8) is 0 Å². The van der Waals surface area contributed by atoms with Crippen LogP contribution in [0.1, 0.15) is 23.1 Å². The van der Waals surface area contributed by atoms with Crippen LogP contribution in [0.5, 0.6) is 5.75 Å². The molecule has 0 aliphatic carbocycles. The number of hydrogen-bond acceptors (Lipinski definition) is 7. The number of nitrogens with one attached hydrogen (secondary N) is 1. The van der Waals surface area contributed by atoms with Gasteiger partial charge in [-0.1, -0.05) is 0 Å². The standard InChI is InChI=1S/C19H21N7O4/c1-11-22-10-26(23-11)18-16-15(14(30-3)9-21-18)13(8-20-16)17(28)19(29)25-6-4-24(5-7-25)12(2)27/h8-10,20H,4-7H2,1-3H3. The second kappa shape index (κ2) is 7.58. The zero-order valence-corrected chi connectivity index (χ0v) is 16.9. The van der Waals surface area contributed by atoms with Crippen molar-refractivity contribution < 1.29 is 19.1 Å². The van der Waals surface area contributed by atoms with Crippen LogP contribution in [0.25, 0.3) is 16.7 Å². The van der Waals surface area contributed by atoms with Gasteiger partial charge in [-0.25, -0.2) is 14.6 Å². The Kier molecular flexibility index (Phi) is 4.94. The SMILES string of the molecule is COc1cnc(-n2cnc(C)n2)c2[nH]cc(C(=O)C(=O)N3CCN(C(C)=O)CC3)c12. The van der Waals surface area contributed by atoms with Crippen molar-refractivity contribution in [3.8, 4) is 11.6 Å². The summed E-state index contributed by atoms with van der Waals surface area (Å²) in [6, 6.07) is 0. The van der Waals surface area contributed by atoms with Gasteiger partial charge in [0.05, 0.1) is 29.8 Å². The fourth-order valence-electron chi connectivity index (χ4n) is 3.54. The third-order valence-corrected chi connectivity index (χ3v) is 5.15. The minimum absolute atomic E-state index is 0.0434. The van der Waals surface area contributed by atoms with Crippen molar-refractivity contribution >= 4 is 28.5 Å². The van der Waals surface area contributed by atoms with Crippen LogP contribution in [0.4, 0.5) is 0 Å². The average molecular weight is 411 g/mol. The first-order chi connectivity index (χ1) is 14.4. The van der Waals surface area contributed by atoms with Crippen molar-refractivity contribution in [3.05, 3.63) is 30.1 Å². The Morgan fingerprint density at radius 3 is 2.40 bits per heavy atom. The Bertz CT molecular complexity index is 1140. The third kappa shape index (κ3) is 3.27. The van der Waals surface area contributed by atoms with Crippen molar-refractivity contribution in [1.82, 2.24) is 34.5 Å². The van der Waals surface area contributed by atoms with Crippen LogP contribution in [-0.2, 0) is 9.59 Å². The summed E-state index contributed by atoms with van der Waals surface area (Å²) in [5, 5.41) is 4.72. The molecule has 1 N–H and O–H groups in total. The highest BCUT2D eigenvalue weighted by Gasteiger charge is 2.30. The summed E-state index contributed by atoms with van der Waals surface area (Å²) in [6.07, 6.45) is 4.48. The van der Waals surface area contributed by atoms with E-state index in [1.807, 2.05) is 0 Å². The van der Waals surface area contributed by atoms with E-state index < -0.39 is 11.7 Å². The Morgan fingerprint density at radius 1 is 1.10 bits per heavy atom. The maximum absolute atomic E-state index is 13.1. The molecule has 0 aromatic carbocycles. The molecule has 0 spiro atoms. The van der Waals surface area contributed by atoms with Crippen molar-refractivity contribution in [2.24, 2.45) is 0 Å². The first kappa shape index (κ1) is 19.6. The third-order valence-electron chi connectivity index (χ3n) is 5.15. The lowest BCUT2D eigenvalue weighted by molar-refractivity contribution is -0.135. The number of piperazine rings is 1. The minimum atomic E-state index is -0.650. The van der Waals surface area contributed by atoms with Crippen LogP contribution < -0.4 is 4.74 Å². The van der Waals surface area contributed by atoms with Gasteiger partial charge in [0.1, 0.15) is 17.9 Å². The Labute approximate surface area is 171 Å². The highest BCUT2D eigenvalue weighted by Crippen LogP contribution is 2.31. The van der Waals surface area contributed by atoms with Crippen LogP contribution >= 0.6 is 0 Å². The summed E-state index contributed by atoms with van der Waals surface area (Å²) >= 11 is 0. The van der Waals surface area contributed by atoms with Gasteiger partial charge < -0.3 is 19.5 Å². The zero-order valence-electron chi connectivity index (χ0n) is 16.9.